The Morgan fingerprint density at radius 3 is 1.52 bits per heavy atom. The largest absolute Gasteiger partial charge is 0.469 e. The van der Waals surface area contributed by atoms with Gasteiger partial charge < -0.3 is 0 Å². The Labute approximate surface area is 114 Å². The Morgan fingerprint density at radius 2 is 1.19 bits per heavy atom. The molecule has 0 unspecified atom stereocenters. The van der Waals surface area contributed by atoms with Crippen LogP contribution in [0.1, 0.15) is 0 Å². The van der Waals surface area contributed by atoms with E-state index in [0.717, 1.165) is 0 Å². The van der Waals surface area contributed by atoms with Crippen LogP contribution in [0.4, 0.5) is 26.4 Å². The third kappa shape index (κ3) is 2.98. The summed E-state index contributed by atoms with van der Waals surface area (Å²) >= 11 is 0. The van der Waals surface area contributed by atoms with Crippen molar-refractivity contribution >= 4 is 19.9 Å². The quantitative estimate of drug-likeness (QED) is 0.658. The van der Waals surface area contributed by atoms with Gasteiger partial charge in [0.05, 0.1) is 9.79 Å². The lowest BCUT2D eigenvalue weighted by Crippen LogP contribution is -2.43. The molecule has 0 radical (unpaired) electrons. The molecule has 0 amide bonds. The summed E-state index contributed by atoms with van der Waals surface area (Å²) in [6.45, 7) is 0. The Balaban J connectivity index is 3.37. The lowest BCUT2D eigenvalue weighted by atomic mass is 10.4. The normalized spacial score (nSPS) is 14.2. The molecule has 0 heterocycles. The van der Waals surface area contributed by atoms with Gasteiger partial charge in [-0.2, -0.15) is 22.0 Å². The number of benzene rings is 1. The van der Waals surface area contributed by atoms with Gasteiger partial charge in [-0.25, -0.2) is 16.8 Å². The molecule has 0 bridgehead atoms. The minimum atomic E-state index is -6.35. The Bertz CT molecular complexity index is 723. The van der Waals surface area contributed by atoms with E-state index in [4.69, 9.17) is 0 Å². The minimum Gasteiger partial charge on any atom is -0.217 e. The van der Waals surface area contributed by atoms with E-state index in [-0.39, 0.29) is 12.1 Å². The molecular formula is C8H5F6NO4S2. The zero-order chi connectivity index (χ0) is 16.7. The lowest BCUT2D eigenvalue weighted by molar-refractivity contribution is -0.241. The Kier molecular flexibility index (Phi) is 4.33. The summed E-state index contributed by atoms with van der Waals surface area (Å²) in [6.07, 6.45) is -6.35. The van der Waals surface area contributed by atoms with Gasteiger partial charge in [-0.1, -0.05) is 0 Å². The molecular weight excluding hydrogens is 352 g/mol. The first-order valence-electron chi connectivity index (χ1n) is 4.69. The fraction of sp³-hybridized carbons (Fsp3) is 0.250. The van der Waals surface area contributed by atoms with Crippen molar-refractivity contribution in [3.05, 3.63) is 24.3 Å². The summed E-state index contributed by atoms with van der Waals surface area (Å²) in [7, 11) is -10.8. The highest BCUT2D eigenvalue weighted by atomic mass is 32.2. The molecule has 13 heteroatoms. The Hall–Kier alpha value is -1.34. The van der Waals surface area contributed by atoms with Gasteiger partial charge in [0, 0.05) is 0 Å². The molecule has 1 aromatic carbocycles. The molecule has 21 heavy (non-hydrogen) atoms. The van der Waals surface area contributed by atoms with E-state index >= 15 is 0 Å². The van der Waals surface area contributed by atoms with Crippen molar-refractivity contribution in [3.63, 3.8) is 0 Å². The van der Waals surface area contributed by atoms with Crippen molar-refractivity contribution in [3.8, 4) is 0 Å². The standard InChI is InChI=1S/C8H5F6NO4S2/c9-7(10,11)8(12,13)20(16,17)5-1-3-6(4-2-5)21(18,19)15-14/h1-4,15H. The van der Waals surface area contributed by atoms with Gasteiger partial charge in [-0.05, 0) is 29.2 Å². The first kappa shape index (κ1) is 17.7. The predicted octanol–water partition coefficient (Wildman–Crippen LogP) is 1.78. The molecule has 0 aliphatic heterocycles. The van der Waals surface area contributed by atoms with Gasteiger partial charge >= 0.3 is 11.4 Å². The molecule has 0 aliphatic carbocycles. The van der Waals surface area contributed by atoms with E-state index in [2.05, 4.69) is 0 Å². The van der Waals surface area contributed by atoms with Crippen LogP contribution in [0.2, 0.25) is 0 Å². The number of hydrogen-bond acceptors (Lipinski definition) is 4. The maximum absolute atomic E-state index is 12.9. The molecule has 1 aromatic rings. The summed E-state index contributed by atoms with van der Waals surface area (Å²) in [5.41, 5.74) is 0. The highest BCUT2D eigenvalue weighted by Crippen LogP contribution is 2.42. The summed E-state index contributed by atoms with van der Waals surface area (Å²) in [6, 6.07) is 1.11. The van der Waals surface area contributed by atoms with Crippen LogP contribution in [-0.4, -0.2) is 28.3 Å². The Morgan fingerprint density at radius 1 is 0.810 bits per heavy atom. The smallest absolute Gasteiger partial charge is 0.217 e. The molecule has 0 saturated heterocycles. The maximum atomic E-state index is 12.9. The van der Waals surface area contributed by atoms with E-state index in [1.807, 2.05) is 0 Å². The third-order valence-corrected chi connectivity index (χ3v) is 5.11. The van der Waals surface area contributed by atoms with Crippen molar-refractivity contribution in [1.29, 1.82) is 0 Å². The number of nitrogens with one attached hydrogen (secondary N) is 1. The number of rotatable bonds is 4. The van der Waals surface area contributed by atoms with Crippen LogP contribution < -0.4 is 4.94 Å². The van der Waals surface area contributed by atoms with E-state index < -0.39 is 41.1 Å². The number of halogens is 6. The fourth-order valence-corrected chi connectivity index (χ4v) is 2.82. The summed E-state index contributed by atoms with van der Waals surface area (Å²) in [5.74, 6) is 0. The van der Waals surface area contributed by atoms with Gasteiger partial charge in [-0.15, -0.1) is 4.48 Å². The molecule has 0 spiro atoms. The summed E-state index contributed by atoms with van der Waals surface area (Å²) < 4.78 is 118. The molecule has 1 rings (SSSR count). The molecule has 0 fully saturated rings. The summed E-state index contributed by atoms with van der Waals surface area (Å²) in [5, 5.41) is -6.06. The van der Waals surface area contributed by atoms with Crippen LogP contribution in [0.3, 0.4) is 0 Å². The molecule has 0 aliphatic rings. The van der Waals surface area contributed by atoms with E-state index in [9.17, 15) is 43.3 Å². The predicted molar refractivity (Wildman–Crippen MR) is 56.1 cm³/mol. The molecule has 5 nitrogen and oxygen atoms in total. The van der Waals surface area contributed by atoms with E-state index in [1.54, 1.807) is 0 Å². The maximum Gasteiger partial charge on any atom is 0.469 e. The number of hydrogen-bond donors (Lipinski definition) is 1. The average molecular weight is 357 g/mol. The van der Waals surface area contributed by atoms with Crippen LogP contribution in [0, 0.1) is 0 Å². The topological polar surface area (TPSA) is 80.3 Å². The second kappa shape index (κ2) is 5.14. The van der Waals surface area contributed by atoms with Gasteiger partial charge in [0.2, 0.25) is 0 Å². The van der Waals surface area contributed by atoms with Crippen molar-refractivity contribution in [2.45, 2.75) is 21.2 Å². The first-order chi connectivity index (χ1) is 9.27. The van der Waals surface area contributed by atoms with Crippen molar-refractivity contribution in [2.75, 3.05) is 0 Å². The van der Waals surface area contributed by atoms with Crippen LogP contribution >= 0.6 is 0 Å². The van der Waals surface area contributed by atoms with Crippen LogP contribution in [0.15, 0.2) is 34.1 Å². The van der Waals surface area contributed by atoms with Gasteiger partial charge in [-0.3, -0.25) is 0 Å². The molecule has 1 N–H and O–H groups in total. The average Bonchev–Trinajstić information content (AvgIpc) is 2.37. The summed E-state index contributed by atoms with van der Waals surface area (Å²) in [4.78, 5) is -1.97. The van der Waals surface area contributed by atoms with Crippen LogP contribution in [0.5, 0.6) is 0 Å². The van der Waals surface area contributed by atoms with Crippen LogP contribution in [0.25, 0.3) is 0 Å². The van der Waals surface area contributed by atoms with Crippen LogP contribution in [-0.2, 0) is 19.9 Å². The zero-order valence-electron chi connectivity index (χ0n) is 9.53. The minimum absolute atomic E-state index is 0.194. The molecule has 0 saturated carbocycles. The van der Waals surface area contributed by atoms with E-state index in [0.29, 0.717) is 17.1 Å². The second-order valence-corrected chi connectivity index (χ2v) is 7.19. The highest BCUT2D eigenvalue weighted by molar-refractivity contribution is 7.92. The van der Waals surface area contributed by atoms with Crippen molar-refractivity contribution in [2.24, 2.45) is 0 Å². The zero-order valence-corrected chi connectivity index (χ0v) is 11.2. The third-order valence-electron chi connectivity index (χ3n) is 2.21. The molecule has 0 atom stereocenters. The van der Waals surface area contributed by atoms with E-state index in [1.165, 1.54) is 0 Å². The highest BCUT2D eigenvalue weighted by Gasteiger charge is 2.67. The van der Waals surface area contributed by atoms with Gasteiger partial charge in [0.25, 0.3) is 19.9 Å². The van der Waals surface area contributed by atoms with Crippen molar-refractivity contribution in [1.82, 2.24) is 4.94 Å². The molecule has 0 aromatic heterocycles. The first-order valence-corrected chi connectivity index (χ1v) is 7.65. The van der Waals surface area contributed by atoms with Gasteiger partial charge in [0.15, 0.2) is 0 Å². The van der Waals surface area contributed by atoms with Gasteiger partial charge in [0.1, 0.15) is 0 Å². The lowest BCUT2D eigenvalue weighted by Gasteiger charge is -2.19. The SMILES string of the molecule is O=S(=O)(NF)c1ccc(S(=O)(=O)C(F)(F)C(F)(F)F)cc1. The monoisotopic (exact) mass is 357 g/mol. The number of alkyl halides is 5. The second-order valence-electron chi connectivity index (χ2n) is 3.57. The number of sulfone groups is 1. The van der Waals surface area contributed by atoms with Crippen molar-refractivity contribution < 1.29 is 43.3 Å². The molecule has 120 valence electrons. The fourth-order valence-electron chi connectivity index (χ4n) is 1.14. The number of sulfonamides is 1.